The van der Waals surface area contributed by atoms with Crippen LogP contribution in [0.5, 0.6) is 11.5 Å². The molecular formula is C25H27N3O4. The Balaban J connectivity index is 1.45. The Hall–Kier alpha value is -3.48. The Bertz CT molecular complexity index is 1220. The van der Waals surface area contributed by atoms with Gasteiger partial charge in [0, 0.05) is 24.0 Å². The summed E-state index contributed by atoms with van der Waals surface area (Å²) in [7, 11) is 3.20. The Labute approximate surface area is 186 Å². The van der Waals surface area contributed by atoms with Crippen molar-refractivity contribution in [3.63, 3.8) is 0 Å². The molecule has 0 radical (unpaired) electrons. The maximum atomic E-state index is 13.8. The minimum Gasteiger partial charge on any atom is -0.493 e. The van der Waals surface area contributed by atoms with Crippen molar-refractivity contribution in [1.82, 2.24) is 14.8 Å². The lowest BCUT2D eigenvalue weighted by molar-refractivity contribution is -0.165. The lowest BCUT2D eigenvalue weighted by Gasteiger charge is -2.49. The molecule has 0 aliphatic carbocycles. The van der Waals surface area contributed by atoms with Crippen LogP contribution in [0.1, 0.15) is 23.7 Å². The van der Waals surface area contributed by atoms with Crippen molar-refractivity contribution in [3.05, 3.63) is 59.3 Å². The topological polar surface area (TPSA) is 74.9 Å². The minimum absolute atomic E-state index is 0.0104. The van der Waals surface area contributed by atoms with Gasteiger partial charge in [-0.2, -0.15) is 0 Å². The van der Waals surface area contributed by atoms with E-state index < -0.39 is 5.54 Å². The van der Waals surface area contributed by atoms with Gasteiger partial charge in [-0.3, -0.25) is 9.59 Å². The van der Waals surface area contributed by atoms with Crippen molar-refractivity contribution in [3.8, 4) is 11.5 Å². The van der Waals surface area contributed by atoms with Crippen molar-refractivity contribution < 1.29 is 19.1 Å². The van der Waals surface area contributed by atoms with E-state index >= 15 is 0 Å². The van der Waals surface area contributed by atoms with Crippen molar-refractivity contribution in [2.75, 3.05) is 33.9 Å². The minimum atomic E-state index is -1.01. The molecule has 2 aliphatic heterocycles. The van der Waals surface area contributed by atoms with Crippen LogP contribution in [0.25, 0.3) is 10.9 Å². The van der Waals surface area contributed by atoms with Gasteiger partial charge in [0.15, 0.2) is 17.0 Å². The second-order valence-corrected chi connectivity index (χ2v) is 8.56. The molecule has 2 aromatic carbocycles. The fourth-order valence-electron chi connectivity index (χ4n) is 5.16. The van der Waals surface area contributed by atoms with Gasteiger partial charge in [-0.25, -0.2) is 0 Å². The van der Waals surface area contributed by atoms with Crippen LogP contribution in [0.2, 0.25) is 0 Å². The lowest BCUT2D eigenvalue weighted by atomic mass is 9.83. The van der Waals surface area contributed by atoms with Crippen molar-refractivity contribution in [2.45, 2.75) is 25.3 Å². The first kappa shape index (κ1) is 20.4. The van der Waals surface area contributed by atoms with Crippen LogP contribution in [0, 0.1) is 0 Å². The summed E-state index contributed by atoms with van der Waals surface area (Å²) in [6.07, 6.45) is 1.37. The summed E-state index contributed by atoms with van der Waals surface area (Å²) < 4.78 is 10.7. The number of carbonyl (C=O) groups is 2. The van der Waals surface area contributed by atoms with E-state index in [-0.39, 0.29) is 18.4 Å². The number of ether oxygens (including phenoxy) is 2. The van der Waals surface area contributed by atoms with Gasteiger partial charge in [-0.05, 0) is 49.1 Å². The molecule has 7 heteroatoms. The van der Waals surface area contributed by atoms with Crippen LogP contribution < -0.4 is 9.47 Å². The summed E-state index contributed by atoms with van der Waals surface area (Å²) in [6, 6.07) is 13.8. The highest BCUT2D eigenvalue weighted by Gasteiger charge is 2.53. The Morgan fingerprint density at radius 2 is 1.84 bits per heavy atom. The number of carbonyl (C=O) groups excluding carboxylic acids is 2. The molecule has 7 nitrogen and oxygen atoms in total. The van der Waals surface area contributed by atoms with E-state index in [1.807, 2.05) is 43.3 Å². The number of para-hydroxylation sites is 1. The highest BCUT2D eigenvalue weighted by atomic mass is 16.5. The SMILES string of the molecule is COc1ccc(CCN2CC(=O)N3CCc4c([nH]c5ccccc45)[C@@]3(C)C2=O)cc1OC. The predicted octanol–water partition coefficient (Wildman–Crippen LogP) is 2.87. The Morgan fingerprint density at radius 3 is 2.62 bits per heavy atom. The van der Waals surface area contributed by atoms with Gasteiger partial charge in [0.1, 0.15) is 0 Å². The van der Waals surface area contributed by atoms with E-state index in [0.717, 1.165) is 34.1 Å². The molecule has 32 heavy (non-hydrogen) atoms. The molecule has 5 rings (SSSR count). The van der Waals surface area contributed by atoms with Crippen molar-refractivity contribution >= 4 is 22.7 Å². The quantitative estimate of drug-likeness (QED) is 0.672. The van der Waals surface area contributed by atoms with Gasteiger partial charge in [-0.1, -0.05) is 24.3 Å². The molecule has 1 atom stereocenters. The van der Waals surface area contributed by atoms with Gasteiger partial charge < -0.3 is 24.3 Å². The molecule has 1 saturated heterocycles. The fraction of sp³-hybridized carbons (Fsp3) is 0.360. The normalized spacial score (nSPS) is 20.3. The van der Waals surface area contributed by atoms with Crippen LogP contribution in [0.15, 0.2) is 42.5 Å². The third-order valence-corrected chi connectivity index (χ3v) is 6.87. The first-order valence-electron chi connectivity index (χ1n) is 10.9. The standard InChI is InChI=1S/C25H27N3O4/c1-25-23-18(17-6-4-5-7-19(17)26-23)11-13-28(25)22(29)15-27(24(25)30)12-10-16-8-9-20(31-2)21(14-16)32-3/h4-9,14,26H,10-13,15H2,1-3H3/t25-/m0/s1. The molecule has 0 saturated carbocycles. The van der Waals surface area contributed by atoms with Gasteiger partial charge in [0.2, 0.25) is 5.91 Å². The van der Waals surface area contributed by atoms with Crippen LogP contribution in [0.3, 0.4) is 0 Å². The smallest absolute Gasteiger partial charge is 0.254 e. The third kappa shape index (κ3) is 2.95. The third-order valence-electron chi connectivity index (χ3n) is 6.87. The zero-order chi connectivity index (χ0) is 22.5. The number of hydrogen-bond acceptors (Lipinski definition) is 4. The number of piperazine rings is 1. The zero-order valence-electron chi connectivity index (χ0n) is 18.6. The number of aromatic amines is 1. The molecule has 0 bridgehead atoms. The van der Waals surface area contributed by atoms with Gasteiger partial charge in [-0.15, -0.1) is 0 Å². The van der Waals surface area contributed by atoms with Crippen LogP contribution >= 0.6 is 0 Å². The summed E-state index contributed by atoms with van der Waals surface area (Å²) in [6.45, 7) is 3.00. The number of rotatable bonds is 5. The Morgan fingerprint density at radius 1 is 1.06 bits per heavy atom. The summed E-state index contributed by atoms with van der Waals surface area (Å²) in [5, 5.41) is 1.13. The largest absolute Gasteiger partial charge is 0.493 e. The van der Waals surface area contributed by atoms with E-state index in [0.29, 0.717) is 31.0 Å². The number of aromatic nitrogens is 1. The molecule has 2 aliphatic rings. The number of H-pyrrole nitrogens is 1. The average Bonchev–Trinajstić information content (AvgIpc) is 3.20. The summed E-state index contributed by atoms with van der Waals surface area (Å²) in [5.74, 6) is 1.27. The number of nitrogens with zero attached hydrogens (tertiary/aromatic N) is 2. The van der Waals surface area contributed by atoms with Gasteiger partial charge >= 0.3 is 0 Å². The highest BCUT2D eigenvalue weighted by molar-refractivity contribution is 6.00. The maximum Gasteiger partial charge on any atom is 0.254 e. The zero-order valence-corrected chi connectivity index (χ0v) is 18.6. The van der Waals surface area contributed by atoms with Crippen LogP contribution in [-0.4, -0.2) is 60.5 Å². The van der Waals surface area contributed by atoms with Gasteiger partial charge in [0.25, 0.3) is 5.91 Å². The molecule has 166 valence electrons. The average molecular weight is 434 g/mol. The summed E-state index contributed by atoms with van der Waals surface area (Å²) >= 11 is 0. The molecular weight excluding hydrogens is 406 g/mol. The molecule has 2 amide bonds. The maximum absolute atomic E-state index is 13.8. The monoisotopic (exact) mass is 433 g/mol. The van der Waals surface area contributed by atoms with Crippen molar-refractivity contribution in [1.29, 1.82) is 0 Å². The van der Waals surface area contributed by atoms with Crippen LogP contribution in [0.4, 0.5) is 0 Å². The van der Waals surface area contributed by atoms with E-state index in [1.54, 1.807) is 24.0 Å². The number of amides is 2. The van der Waals surface area contributed by atoms with Crippen molar-refractivity contribution in [2.24, 2.45) is 0 Å². The molecule has 3 aromatic rings. The van der Waals surface area contributed by atoms with Gasteiger partial charge in [0.05, 0.1) is 26.5 Å². The lowest BCUT2D eigenvalue weighted by Crippen LogP contribution is -2.67. The van der Waals surface area contributed by atoms with E-state index in [2.05, 4.69) is 11.1 Å². The highest BCUT2D eigenvalue weighted by Crippen LogP contribution is 2.42. The summed E-state index contributed by atoms with van der Waals surface area (Å²) in [4.78, 5) is 33.8. The molecule has 1 N–H and O–H groups in total. The predicted molar refractivity (Wildman–Crippen MR) is 121 cm³/mol. The van der Waals surface area contributed by atoms with E-state index in [1.165, 1.54) is 0 Å². The van der Waals surface area contributed by atoms with E-state index in [9.17, 15) is 9.59 Å². The molecule has 0 unspecified atom stereocenters. The molecule has 3 heterocycles. The second-order valence-electron chi connectivity index (χ2n) is 8.56. The summed E-state index contributed by atoms with van der Waals surface area (Å²) in [5.41, 5.74) is 2.99. The number of benzene rings is 2. The Kier molecular flexibility index (Phi) is 4.84. The fourth-order valence-corrected chi connectivity index (χ4v) is 5.16. The number of nitrogens with one attached hydrogen (secondary N) is 1. The molecule has 0 spiro atoms. The van der Waals surface area contributed by atoms with E-state index in [4.69, 9.17) is 9.47 Å². The molecule has 1 aromatic heterocycles. The number of hydrogen-bond donors (Lipinski definition) is 1. The first-order chi connectivity index (χ1) is 15.5. The molecule has 1 fully saturated rings. The number of methoxy groups -OCH3 is 2. The van der Waals surface area contributed by atoms with Crippen LogP contribution in [-0.2, 0) is 28.0 Å². The number of fused-ring (bicyclic) bond motifs is 5. The first-order valence-corrected chi connectivity index (χ1v) is 10.9. The second kappa shape index (κ2) is 7.58.